The van der Waals surface area contributed by atoms with Gasteiger partial charge in [-0.1, -0.05) is 0 Å². The Hall–Kier alpha value is -4.03. The summed E-state index contributed by atoms with van der Waals surface area (Å²) in [4.78, 5) is 50.9. The molecule has 0 aliphatic carbocycles. The number of benzene rings is 2. The number of carbonyl (C=O) groups excluding carboxylic acids is 4. The molecule has 5 rings (SSSR count). The summed E-state index contributed by atoms with van der Waals surface area (Å²) in [5.41, 5.74) is 3.85. The van der Waals surface area contributed by atoms with Gasteiger partial charge in [0.25, 0.3) is 0 Å². The van der Waals surface area contributed by atoms with Crippen LogP contribution in [-0.4, -0.2) is 53.8 Å². The van der Waals surface area contributed by atoms with Gasteiger partial charge in [-0.3, -0.25) is 19.2 Å². The fourth-order valence-corrected chi connectivity index (χ4v) is 5.62. The lowest BCUT2D eigenvalue weighted by atomic mass is 9.96. The first-order valence-electron chi connectivity index (χ1n) is 13.2. The van der Waals surface area contributed by atoms with Crippen molar-refractivity contribution in [2.75, 3.05) is 6.61 Å². The summed E-state index contributed by atoms with van der Waals surface area (Å²) in [5.74, 6) is -1.76. The Labute approximate surface area is 251 Å². The molecule has 4 aromatic rings. The lowest BCUT2D eigenvalue weighted by molar-refractivity contribution is -0.773. The highest BCUT2D eigenvalue weighted by Crippen LogP contribution is 2.38. The monoisotopic (exact) mass is 642 g/mol. The Morgan fingerprint density at radius 1 is 0.833 bits per heavy atom. The summed E-state index contributed by atoms with van der Waals surface area (Å²) in [6, 6.07) is 7.41. The smallest absolute Gasteiger partial charge is 0.308 e. The standard InChI is InChI=1S/C30H30N2O9.BrH/c1-14-23-12-32(30-29(41-19(6)36)28(40-18(5)35)25(13-37-30)39-17(4)34)10-9-21(23)15(2)27-26(14)22-11-20(38-16(3)33)7-8-24(22)31-27;/h7-12,25,28-30H,13H2,1-6H3;1H/t25-,28+,29-,30?;/m1./s1. The molecule has 4 atom stereocenters. The van der Waals surface area contributed by atoms with E-state index in [4.69, 9.17) is 23.7 Å². The van der Waals surface area contributed by atoms with Crippen molar-refractivity contribution >= 4 is 56.5 Å². The van der Waals surface area contributed by atoms with Gasteiger partial charge in [0.15, 0.2) is 24.6 Å². The first kappa shape index (κ1) is 30.9. The van der Waals surface area contributed by atoms with Gasteiger partial charge >= 0.3 is 30.1 Å². The van der Waals surface area contributed by atoms with Gasteiger partial charge in [-0.25, -0.2) is 0 Å². The Bertz CT molecular complexity index is 1730. The number of aromatic amines is 1. The summed E-state index contributed by atoms with van der Waals surface area (Å²) in [7, 11) is 0. The van der Waals surface area contributed by atoms with Crippen molar-refractivity contribution in [3.05, 3.63) is 47.8 Å². The van der Waals surface area contributed by atoms with Crippen LogP contribution in [0.25, 0.3) is 32.6 Å². The second kappa shape index (κ2) is 12.1. The number of fused-ring (bicyclic) bond motifs is 4. The lowest BCUT2D eigenvalue weighted by Gasteiger charge is -2.37. The minimum absolute atomic E-state index is 0. The summed E-state index contributed by atoms with van der Waals surface area (Å²) in [5, 5.41) is 3.79. The SMILES string of the molecule is CC(=O)Oc1ccc2[nH]c3c(C)c4cc[n+](C5OC[C@@H](OC(C)=O)[C@H](OC(C)=O)[C@H]5OC(C)=O)cc4c(C)c3c2c1.[Br-]. The van der Waals surface area contributed by atoms with Crippen molar-refractivity contribution in [1.82, 2.24) is 4.98 Å². The van der Waals surface area contributed by atoms with E-state index in [0.29, 0.717) is 5.75 Å². The van der Waals surface area contributed by atoms with E-state index in [1.165, 1.54) is 27.7 Å². The molecule has 0 radical (unpaired) electrons. The fraction of sp³-hybridized carbons (Fsp3) is 0.367. The molecule has 0 saturated carbocycles. The molecule has 12 heteroatoms. The molecule has 1 N–H and O–H groups in total. The third kappa shape index (κ3) is 5.82. The number of nitrogens with one attached hydrogen (secondary N) is 1. The first-order valence-corrected chi connectivity index (χ1v) is 13.2. The normalized spacial score (nSPS) is 20.1. The Kier molecular flexibility index (Phi) is 8.88. The van der Waals surface area contributed by atoms with Crippen LogP contribution in [0.5, 0.6) is 5.75 Å². The van der Waals surface area contributed by atoms with E-state index >= 15 is 0 Å². The van der Waals surface area contributed by atoms with Gasteiger partial charge in [-0.05, 0) is 48.6 Å². The molecule has 1 unspecified atom stereocenters. The van der Waals surface area contributed by atoms with E-state index in [2.05, 4.69) is 4.98 Å². The van der Waals surface area contributed by atoms with Crippen LogP contribution in [0.15, 0.2) is 36.7 Å². The molecular weight excluding hydrogens is 612 g/mol. The van der Waals surface area contributed by atoms with Crippen LogP contribution >= 0.6 is 0 Å². The highest BCUT2D eigenvalue weighted by Gasteiger charge is 2.51. The zero-order chi connectivity index (χ0) is 29.6. The molecule has 3 heterocycles. The maximum Gasteiger partial charge on any atom is 0.308 e. The molecule has 0 spiro atoms. The van der Waals surface area contributed by atoms with Crippen LogP contribution < -0.4 is 26.3 Å². The maximum absolute atomic E-state index is 12.1. The topological polar surface area (TPSA) is 134 Å². The Balaban J connectivity index is 0.00000405. The number of halogens is 1. The van der Waals surface area contributed by atoms with Crippen LogP contribution in [0.1, 0.15) is 45.0 Å². The third-order valence-corrected chi connectivity index (χ3v) is 7.19. The number of aromatic nitrogens is 2. The third-order valence-electron chi connectivity index (χ3n) is 7.19. The highest BCUT2D eigenvalue weighted by molar-refractivity contribution is 6.16. The zero-order valence-corrected chi connectivity index (χ0v) is 25.6. The van der Waals surface area contributed by atoms with Gasteiger partial charge in [0.1, 0.15) is 5.75 Å². The fourth-order valence-electron chi connectivity index (χ4n) is 5.62. The van der Waals surface area contributed by atoms with Crippen molar-refractivity contribution in [3.63, 3.8) is 0 Å². The molecule has 2 aromatic heterocycles. The number of aryl methyl sites for hydroxylation is 2. The van der Waals surface area contributed by atoms with Crippen LogP contribution in [-0.2, 0) is 38.1 Å². The van der Waals surface area contributed by atoms with Gasteiger partial charge in [0, 0.05) is 55.4 Å². The van der Waals surface area contributed by atoms with Crippen molar-refractivity contribution in [1.29, 1.82) is 0 Å². The molecular formula is C30H31BrN2O9. The minimum Gasteiger partial charge on any atom is -1.00 e. The average Bonchev–Trinajstić information content (AvgIpc) is 3.27. The molecule has 222 valence electrons. The maximum atomic E-state index is 12.1. The van der Waals surface area contributed by atoms with E-state index in [-0.39, 0.29) is 23.6 Å². The number of nitrogens with zero attached hydrogens (tertiary/aromatic N) is 1. The number of pyridine rings is 1. The second-order valence-electron chi connectivity index (χ2n) is 10.2. The van der Waals surface area contributed by atoms with E-state index in [1.54, 1.807) is 16.8 Å². The van der Waals surface area contributed by atoms with Crippen LogP contribution in [0.4, 0.5) is 0 Å². The molecule has 0 bridgehead atoms. The largest absolute Gasteiger partial charge is 1.00 e. The van der Waals surface area contributed by atoms with E-state index in [0.717, 1.165) is 43.7 Å². The number of H-pyrrole nitrogens is 1. The summed E-state index contributed by atoms with van der Waals surface area (Å²) >= 11 is 0. The predicted molar refractivity (Wildman–Crippen MR) is 146 cm³/mol. The molecule has 1 fully saturated rings. The number of ether oxygens (including phenoxy) is 5. The van der Waals surface area contributed by atoms with Crippen LogP contribution in [0.2, 0.25) is 0 Å². The van der Waals surface area contributed by atoms with Crippen molar-refractivity contribution in [3.8, 4) is 5.75 Å². The average molecular weight is 643 g/mol. The van der Waals surface area contributed by atoms with Gasteiger partial charge in [0.05, 0.1) is 12.1 Å². The molecule has 1 saturated heterocycles. The molecule has 11 nitrogen and oxygen atoms in total. The number of carbonyl (C=O) groups is 4. The van der Waals surface area contributed by atoms with Gasteiger partial charge < -0.3 is 45.6 Å². The van der Waals surface area contributed by atoms with Crippen LogP contribution in [0, 0.1) is 13.8 Å². The number of esters is 4. The summed E-state index contributed by atoms with van der Waals surface area (Å²) < 4.78 is 29.6. The van der Waals surface area contributed by atoms with Gasteiger partial charge in [-0.15, -0.1) is 0 Å². The van der Waals surface area contributed by atoms with E-state index in [9.17, 15) is 19.2 Å². The summed E-state index contributed by atoms with van der Waals surface area (Å²) in [6.45, 7) is 9.02. The molecule has 0 amide bonds. The van der Waals surface area contributed by atoms with Crippen molar-refractivity contribution in [2.45, 2.75) is 66.1 Å². The minimum atomic E-state index is -1.10. The second-order valence-corrected chi connectivity index (χ2v) is 10.2. The zero-order valence-electron chi connectivity index (χ0n) is 24.0. The number of hydrogen-bond acceptors (Lipinski definition) is 9. The van der Waals surface area contributed by atoms with Crippen molar-refractivity contribution < 1.29 is 64.4 Å². The lowest BCUT2D eigenvalue weighted by Crippen LogP contribution is -3.00. The number of rotatable bonds is 5. The van der Waals surface area contributed by atoms with E-state index in [1.807, 2.05) is 38.2 Å². The van der Waals surface area contributed by atoms with Gasteiger partial charge in [-0.2, -0.15) is 4.57 Å². The Morgan fingerprint density at radius 3 is 2.14 bits per heavy atom. The van der Waals surface area contributed by atoms with Gasteiger partial charge in [0.2, 0.25) is 6.10 Å². The predicted octanol–water partition coefficient (Wildman–Crippen LogP) is 0.632. The highest BCUT2D eigenvalue weighted by atomic mass is 79.9. The van der Waals surface area contributed by atoms with E-state index < -0.39 is 48.4 Å². The quantitative estimate of drug-likeness (QED) is 0.144. The molecule has 42 heavy (non-hydrogen) atoms. The number of hydrogen-bond donors (Lipinski definition) is 1. The Morgan fingerprint density at radius 2 is 1.50 bits per heavy atom. The van der Waals surface area contributed by atoms with Crippen molar-refractivity contribution in [2.24, 2.45) is 0 Å². The van der Waals surface area contributed by atoms with Crippen LogP contribution in [0.3, 0.4) is 0 Å². The molecule has 1 aliphatic heterocycles. The molecule has 2 aromatic carbocycles. The first-order chi connectivity index (χ1) is 19.4. The summed E-state index contributed by atoms with van der Waals surface area (Å²) in [6.07, 6.45) is -0.320. The molecule has 1 aliphatic rings.